The number of aryl methyl sites for hydroxylation is 1. The molecule has 0 bridgehead atoms. The molecule has 1 amide bonds. The molecule has 1 N–H and O–H groups in total. The van der Waals surface area contributed by atoms with Gasteiger partial charge < -0.3 is 9.84 Å². The summed E-state index contributed by atoms with van der Waals surface area (Å²) in [6.07, 6.45) is 8.75. The number of pyridine rings is 1. The number of aliphatic hydroxyl groups is 1. The summed E-state index contributed by atoms with van der Waals surface area (Å²) in [5.41, 5.74) is 0.552. The van der Waals surface area contributed by atoms with Crippen molar-refractivity contribution < 1.29 is 14.6 Å². The number of nitrogens with zero attached hydrogens (tertiary/aromatic N) is 2. The zero-order valence-corrected chi connectivity index (χ0v) is 14.3. The van der Waals surface area contributed by atoms with E-state index in [0.29, 0.717) is 31.8 Å². The predicted molar refractivity (Wildman–Crippen MR) is 91.1 cm³/mol. The van der Waals surface area contributed by atoms with E-state index in [4.69, 9.17) is 4.74 Å². The number of carbonyl (C=O) groups excluding carboxylic acids is 1. The predicted octanol–water partition coefficient (Wildman–Crippen LogP) is 2.84. The molecular formula is C19H26N2O3. The van der Waals surface area contributed by atoms with E-state index in [2.05, 4.69) is 11.9 Å². The zero-order chi connectivity index (χ0) is 16.7. The van der Waals surface area contributed by atoms with Gasteiger partial charge in [-0.15, -0.1) is 0 Å². The number of unbranched alkanes of at least 4 members (excludes halogenated alkanes) is 1. The van der Waals surface area contributed by atoms with Crippen molar-refractivity contribution in [2.75, 3.05) is 11.5 Å². The van der Waals surface area contributed by atoms with Gasteiger partial charge in [-0.2, -0.15) is 0 Å². The number of carbonyl (C=O) groups is 1. The number of rotatable bonds is 6. The molecule has 24 heavy (non-hydrogen) atoms. The SMILES string of the molecule is CCCCOc1cnc2c(c1)CCC(=O)N2C1CC(O)(C2CC2)C1. The third-order valence-corrected chi connectivity index (χ3v) is 5.67. The lowest BCUT2D eigenvalue weighted by atomic mass is 9.71. The topological polar surface area (TPSA) is 62.7 Å². The van der Waals surface area contributed by atoms with Crippen LogP contribution in [0.15, 0.2) is 12.3 Å². The maximum absolute atomic E-state index is 12.5. The second-order valence-corrected chi connectivity index (χ2v) is 7.56. The molecule has 1 aliphatic heterocycles. The van der Waals surface area contributed by atoms with Crippen LogP contribution >= 0.6 is 0 Å². The Labute approximate surface area is 143 Å². The van der Waals surface area contributed by atoms with Crippen molar-refractivity contribution >= 4 is 11.7 Å². The van der Waals surface area contributed by atoms with Crippen LogP contribution in [-0.2, 0) is 11.2 Å². The Balaban J connectivity index is 1.49. The summed E-state index contributed by atoms with van der Waals surface area (Å²) in [4.78, 5) is 18.8. The highest BCUT2D eigenvalue weighted by molar-refractivity contribution is 5.96. The highest BCUT2D eigenvalue weighted by Gasteiger charge is 2.55. The van der Waals surface area contributed by atoms with Crippen LogP contribution in [0, 0.1) is 5.92 Å². The number of fused-ring (bicyclic) bond motifs is 1. The van der Waals surface area contributed by atoms with Gasteiger partial charge in [0.2, 0.25) is 5.91 Å². The largest absolute Gasteiger partial charge is 0.492 e. The van der Waals surface area contributed by atoms with E-state index < -0.39 is 5.60 Å². The molecule has 0 saturated heterocycles. The van der Waals surface area contributed by atoms with Gasteiger partial charge in [-0.25, -0.2) is 4.98 Å². The fraction of sp³-hybridized carbons (Fsp3) is 0.684. The second-order valence-electron chi connectivity index (χ2n) is 7.56. The van der Waals surface area contributed by atoms with E-state index in [1.54, 1.807) is 6.20 Å². The standard InChI is InChI=1S/C19H26N2O3/c1-2-3-8-24-16-9-13-4-7-17(22)21(18(13)20-12-16)15-10-19(23,11-15)14-5-6-14/h9,12,14-15,23H,2-8,10-11H2,1H3. The first kappa shape index (κ1) is 15.9. The molecule has 3 aliphatic rings. The minimum absolute atomic E-state index is 0.0986. The molecule has 0 spiro atoms. The van der Waals surface area contributed by atoms with Crippen molar-refractivity contribution in [1.82, 2.24) is 4.98 Å². The number of ether oxygens (including phenoxy) is 1. The summed E-state index contributed by atoms with van der Waals surface area (Å²) in [5, 5.41) is 10.6. The van der Waals surface area contributed by atoms with Crippen LogP contribution in [0.25, 0.3) is 0 Å². The second kappa shape index (κ2) is 6.03. The third kappa shape index (κ3) is 2.79. The molecule has 0 radical (unpaired) electrons. The first-order valence-corrected chi connectivity index (χ1v) is 9.27. The Kier molecular flexibility index (Phi) is 3.99. The van der Waals surface area contributed by atoms with Crippen LogP contribution in [0.5, 0.6) is 5.75 Å². The van der Waals surface area contributed by atoms with Crippen LogP contribution < -0.4 is 9.64 Å². The maximum atomic E-state index is 12.5. The van der Waals surface area contributed by atoms with Gasteiger partial charge in [0.15, 0.2) is 0 Å². The van der Waals surface area contributed by atoms with E-state index >= 15 is 0 Å². The van der Waals surface area contributed by atoms with Gasteiger partial charge in [0.1, 0.15) is 11.6 Å². The molecule has 0 atom stereocenters. The average molecular weight is 330 g/mol. The minimum Gasteiger partial charge on any atom is -0.492 e. The van der Waals surface area contributed by atoms with E-state index in [0.717, 1.165) is 49.2 Å². The first-order valence-electron chi connectivity index (χ1n) is 9.27. The average Bonchev–Trinajstić information content (AvgIpc) is 3.38. The molecule has 4 rings (SSSR count). The lowest BCUT2D eigenvalue weighted by molar-refractivity contribution is -0.122. The summed E-state index contributed by atoms with van der Waals surface area (Å²) in [5.74, 6) is 2.16. The number of hydrogen-bond acceptors (Lipinski definition) is 4. The van der Waals surface area contributed by atoms with Crippen LogP contribution in [0.2, 0.25) is 0 Å². The van der Waals surface area contributed by atoms with Gasteiger partial charge in [-0.05, 0) is 56.1 Å². The molecular weight excluding hydrogens is 304 g/mol. The Bertz CT molecular complexity index is 635. The summed E-state index contributed by atoms with van der Waals surface area (Å²) in [6.45, 7) is 2.84. The van der Waals surface area contributed by atoms with Crippen molar-refractivity contribution in [3.63, 3.8) is 0 Å². The van der Waals surface area contributed by atoms with Gasteiger partial charge in [0.25, 0.3) is 0 Å². The Morgan fingerprint density at radius 2 is 2.17 bits per heavy atom. The number of hydrogen-bond donors (Lipinski definition) is 1. The van der Waals surface area contributed by atoms with Crippen molar-refractivity contribution in [2.24, 2.45) is 5.92 Å². The monoisotopic (exact) mass is 330 g/mol. The van der Waals surface area contributed by atoms with Crippen molar-refractivity contribution in [3.05, 3.63) is 17.8 Å². The van der Waals surface area contributed by atoms with Gasteiger partial charge in [0.05, 0.1) is 18.4 Å². The smallest absolute Gasteiger partial charge is 0.228 e. The molecule has 0 aromatic carbocycles. The van der Waals surface area contributed by atoms with Crippen molar-refractivity contribution in [3.8, 4) is 5.75 Å². The number of amides is 1. The number of aromatic nitrogens is 1. The Morgan fingerprint density at radius 1 is 1.38 bits per heavy atom. The fourth-order valence-corrected chi connectivity index (χ4v) is 4.04. The molecule has 2 fully saturated rings. The molecule has 130 valence electrons. The minimum atomic E-state index is -0.536. The van der Waals surface area contributed by atoms with Gasteiger partial charge in [0, 0.05) is 12.5 Å². The van der Waals surface area contributed by atoms with Gasteiger partial charge >= 0.3 is 0 Å². The van der Waals surface area contributed by atoms with E-state index in [1.165, 1.54) is 0 Å². The molecule has 2 saturated carbocycles. The third-order valence-electron chi connectivity index (χ3n) is 5.67. The van der Waals surface area contributed by atoms with Gasteiger partial charge in [-0.3, -0.25) is 9.69 Å². The molecule has 1 aromatic heterocycles. The van der Waals surface area contributed by atoms with Crippen LogP contribution in [0.1, 0.15) is 57.4 Å². The zero-order valence-electron chi connectivity index (χ0n) is 14.3. The van der Waals surface area contributed by atoms with Gasteiger partial charge in [-0.1, -0.05) is 13.3 Å². The van der Waals surface area contributed by atoms with E-state index in [1.807, 2.05) is 11.0 Å². The summed E-state index contributed by atoms with van der Waals surface area (Å²) >= 11 is 0. The molecule has 2 aliphatic carbocycles. The molecule has 5 heteroatoms. The van der Waals surface area contributed by atoms with Crippen molar-refractivity contribution in [2.45, 2.75) is 69.9 Å². The Hall–Kier alpha value is -1.62. The summed E-state index contributed by atoms with van der Waals surface area (Å²) in [7, 11) is 0. The van der Waals surface area contributed by atoms with Crippen molar-refractivity contribution in [1.29, 1.82) is 0 Å². The molecule has 2 heterocycles. The van der Waals surface area contributed by atoms with Crippen LogP contribution in [0.4, 0.5) is 5.82 Å². The molecule has 1 aromatic rings. The highest BCUT2D eigenvalue weighted by Crippen LogP contribution is 2.52. The normalized spacial score (nSPS) is 29.2. The fourth-order valence-electron chi connectivity index (χ4n) is 4.04. The van der Waals surface area contributed by atoms with Crippen LogP contribution in [-0.4, -0.2) is 34.2 Å². The quantitative estimate of drug-likeness (QED) is 0.815. The lowest BCUT2D eigenvalue weighted by Crippen LogP contribution is -2.59. The van der Waals surface area contributed by atoms with E-state index in [-0.39, 0.29) is 11.9 Å². The van der Waals surface area contributed by atoms with E-state index in [9.17, 15) is 9.90 Å². The number of anilines is 1. The summed E-state index contributed by atoms with van der Waals surface area (Å²) in [6, 6.07) is 2.13. The molecule has 5 nitrogen and oxygen atoms in total. The molecule has 0 unspecified atom stereocenters. The Morgan fingerprint density at radius 3 is 2.88 bits per heavy atom. The highest BCUT2D eigenvalue weighted by atomic mass is 16.5. The first-order chi connectivity index (χ1) is 11.6. The maximum Gasteiger partial charge on any atom is 0.228 e. The van der Waals surface area contributed by atoms with Crippen LogP contribution in [0.3, 0.4) is 0 Å². The summed E-state index contributed by atoms with van der Waals surface area (Å²) < 4.78 is 5.74. The lowest BCUT2D eigenvalue weighted by Gasteiger charge is -2.49.